The zero-order chi connectivity index (χ0) is 13.3. The molecule has 1 saturated heterocycles. The average molecular weight is 267 g/mol. The number of nitrogens with zero attached hydrogens (tertiary/aromatic N) is 3. The Kier molecular flexibility index (Phi) is 3.26. The normalized spacial score (nSPS) is 18.7. The van der Waals surface area contributed by atoms with Crippen LogP contribution in [-0.2, 0) is 0 Å². The second kappa shape index (κ2) is 4.70. The fourth-order valence-corrected chi connectivity index (χ4v) is 2.33. The van der Waals surface area contributed by atoms with Crippen molar-refractivity contribution in [3.63, 3.8) is 0 Å². The van der Waals surface area contributed by atoms with Crippen molar-refractivity contribution in [2.75, 3.05) is 23.7 Å². The van der Waals surface area contributed by atoms with E-state index in [0.29, 0.717) is 18.8 Å². The monoisotopic (exact) mass is 266 g/mol. The molecule has 1 atom stereocenters. The maximum absolute atomic E-state index is 10.7. The van der Waals surface area contributed by atoms with Gasteiger partial charge in [0.05, 0.1) is 27.6 Å². The van der Waals surface area contributed by atoms with Crippen LogP contribution in [0.15, 0.2) is 12.1 Å². The summed E-state index contributed by atoms with van der Waals surface area (Å²) in [6.45, 7) is 1.28. The molecule has 7 heteroatoms. The third kappa shape index (κ3) is 2.17. The second-order valence-corrected chi connectivity index (χ2v) is 4.59. The predicted molar refractivity (Wildman–Crippen MR) is 68.5 cm³/mol. The molecule has 0 saturated carbocycles. The minimum Gasteiger partial charge on any atom is -0.393 e. The van der Waals surface area contributed by atoms with Crippen LogP contribution in [0.3, 0.4) is 0 Å². The highest BCUT2D eigenvalue weighted by Gasteiger charge is 2.25. The fraction of sp³-hybridized carbons (Fsp3) is 0.364. The number of anilines is 2. The molecule has 1 fully saturated rings. The molecule has 1 heterocycles. The molecule has 18 heavy (non-hydrogen) atoms. The van der Waals surface area contributed by atoms with Gasteiger partial charge < -0.3 is 10.6 Å². The molecule has 0 spiro atoms. The van der Waals surface area contributed by atoms with Gasteiger partial charge >= 0.3 is 0 Å². The molecule has 1 aliphatic heterocycles. The number of halogens is 1. The molecule has 0 unspecified atom stereocenters. The van der Waals surface area contributed by atoms with Crippen LogP contribution in [0.4, 0.5) is 17.1 Å². The maximum atomic E-state index is 10.7. The highest BCUT2D eigenvalue weighted by molar-refractivity contribution is 6.33. The van der Waals surface area contributed by atoms with E-state index in [0.717, 1.165) is 6.42 Å². The smallest absolute Gasteiger partial charge is 0.293 e. The van der Waals surface area contributed by atoms with Crippen LogP contribution in [0.25, 0.3) is 0 Å². The number of nitriles is 1. The van der Waals surface area contributed by atoms with Crippen LogP contribution in [0.5, 0.6) is 0 Å². The van der Waals surface area contributed by atoms with E-state index < -0.39 is 4.92 Å². The quantitative estimate of drug-likeness (QED) is 0.503. The van der Waals surface area contributed by atoms with E-state index in [1.807, 2.05) is 4.90 Å². The minimum atomic E-state index is -0.562. The van der Waals surface area contributed by atoms with Gasteiger partial charge in [0.25, 0.3) is 5.69 Å². The van der Waals surface area contributed by atoms with Gasteiger partial charge in [0.15, 0.2) is 0 Å². The molecule has 0 radical (unpaired) electrons. The summed E-state index contributed by atoms with van der Waals surface area (Å²) in [5, 5.41) is 19.8. The van der Waals surface area contributed by atoms with Crippen molar-refractivity contribution in [1.29, 1.82) is 5.26 Å². The Morgan fingerprint density at radius 1 is 1.61 bits per heavy atom. The highest BCUT2D eigenvalue weighted by atomic mass is 35.5. The lowest BCUT2D eigenvalue weighted by atomic mass is 10.1. The van der Waals surface area contributed by atoms with E-state index in [4.69, 9.17) is 22.6 Å². The SMILES string of the molecule is N#C[C@H]1CCN(c2cc(N)c([N+](=O)[O-])cc2Cl)C1. The maximum Gasteiger partial charge on any atom is 0.293 e. The van der Waals surface area contributed by atoms with Gasteiger partial charge in [-0.2, -0.15) is 5.26 Å². The number of nitrogen functional groups attached to an aromatic ring is 1. The summed E-state index contributed by atoms with van der Waals surface area (Å²) < 4.78 is 0. The lowest BCUT2D eigenvalue weighted by Crippen LogP contribution is -2.20. The summed E-state index contributed by atoms with van der Waals surface area (Å²) in [5.41, 5.74) is 6.17. The van der Waals surface area contributed by atoms with E-state index >= 15 is 0 Å². The minimum absolute atomic E-state index is 0.0301. The Hall–Kier alpha value is -2.00. The molecule has 0 amide bonds. The summed E-state index contributed by atoms with van der Waals surface area (Å²) in [6.07, 6.45) is 0.768. The van der Waals surface area contributed by atoms with Gasteiger partial charge in [0.1, 0.15) is 5.69 Å². The van der Waals surface area contributed by atoms with Crippen molar-refractivity contribution in [3.8, 4) is 6.07 Å². The van der Waals surface area contributed by atoms with Crippen molar-refractivity contribution in [3.05, 3.63) is 27.3 Å². The van der Waals surface area contributed by atoms with Crippen LogP contribution in [0, 0.1) is 27.4 Å². The zero-order valence-corrected chi connectivity index (χ0v) is 10.2. The third-order valence-electron chi connectivity index (χ3n) is 3.00. The number of hydrogen-bond acceptors (Lipinski definition) is 5. The highest BCUT2D eigenvalue weighted by Crippen LogP contribution is 2.36. The average Bonchev–Trinajstić information content (AvgIpc) is 2.79. The van der Waals surface area contributed by atoms with Crippen molar-refractivity contribution >= 4 is 28.7 Å². The van der Waals surface area contributed by atoms with Crippen molar-refractivity contribution in [2.45, 2.75) is 6.42 Å². The predicted octanol–water partition coefficient (Wildman–Crippen LogP) is 2.18. The van der Waals surface area contributed by atoms with Crippen molar-refractivity contribution < 1.29 is 4.92 Å². The Bertz CT molecular complexity index is 541. The standard InChI is InChI=1S/C11H11ClN4O2/c12-8-3-11(16(17)18)9(14)4-10(8)15-2-1-7(5-13)6-15/h3-4,7H,1-2,6,14H2/t7-/m1/s1. The number of nitrogens with two attached hydrogens (primary N) is 1. The summed E-state index contributed by atoms with van der Waals surface area (Å²) in [7, 11) is 0. The molecule has 0 aliphatic carbocycles. The van der Waals surface area contributed by atoms with E-state index in [1.165, 1.54) is 12.1 Å². The summed E-state index contributed by atoms with van der Waals surface area (Å²) >= 11 is 6.03. The first kappa shape index (κ1) is 12.5. The molecule has 2 N–H and O–H groups in total. The topological polar surface area (TPSA) is 96.2 Å². The van der Waals surface area contributed by atoms with Gasteiger partial charge in [-0.1, -0.05) is 11.6 Å². The molecular formula is C11H11ClN4O2. The van der Waals surface area contributed by atoms with E-state index in [2.05, 4.69) is 6.07 Å². The number of rotatable bonds is 2. The van der Waals surface area contributed by atoms with Gasteiger partial charge in [-0.3, -0.25) is 10.1 Å². The van der Waals surface area contributed by atoms with Gasteiger partial charge in [-0.05, 0) is 12.5 Å². The lowest BCUT2D eigenvalue weighted by molar-refractivity contribution is -0.383. The summed E-state index contributed by atoms with van der Waals surface area (Å²) in [4.78, 5) is 12.1. The van der Waals surface area contributed by atoms with Crippen LogP contribution in [0.1, 0.15) is 6.42 Å². The first-order valence-electron chi connectivity index (χ1n) is 5.41. The Morgan fingerprint density at radius 2 is 2.33 bits per heavy atom. The van der Waals surface area contributed by atoms with E-state index in [9.17, 15) is 10.1 Å². The molecule has 0 aromatic heterocycles. The zero-order valence-electron chi connectivity index (χ0n) is 9.47. The Balaban J connectivity index is 2.33. The van der Waals surface area contributed by atoms with Gasteiger partial charge in [0.2, 0.25) is 0 Å². The van der Waals surface area contributed by atoms with Gasteiger partial charge in [-0.15, -0.1) is 0 Å². The van der Waals surface area contributed by atoms with Crippen LogP contribution in [0.2, 0.25) is 5.02 Å². The number of nitro benzene ring substituents is 1. The fourth-order valence-electron chi connectivity index (χ4n) is 2.05. The van der Waals surface area contributed by atoms with Crippen LogP contribution in [-0.4, -0.2) is 18.0 Å². The molecule has 94 valence electrons. The van der Waals surface area contributed by atoms with Crippen molar-refractivity contribution in [2.24, 2.45) is 5.92 Å². The first-order chi connectivity index (χ1) is 8.52. The first-order valence-corrected chi connectivity index (χ1v) is 5.78. The molecule has 1 aromatic rings. The van der Waals surface area contributed by atoms with Crippen LogP contribution < -0.4 is 10.6 Å². The van der Waals surface area contributed by atoms with Gasteiger partial charge in [0, 0.05) is 19.2 Å². The number of nitro groups is 1. The Labute approximate surface area is 109 Å². The summed E-state index contributed by atoms with van der Waals surface area (Å²) in [6, 6.07) is 4.96. The Morgan fingerprint density at radius 3 is 2.89 bits per heavy atom. The number of hydrogen-bond donors (Lipinski definition) is 1. The second-order valence-electron chi connectivity index (χ2n) is 4.18. The molecule has 6 nitrogen and oxygen atoms in total. The van der Waals surface area contributed by atoms with Crippen LogP contribution >= 0.6 is 11.6 Å². The number of benzene rings is 1. The molecule has 1 aliphatic rings. The molecular weight excluding hydrogens is 256 g/mol. The summed E-state index contributed by atoms with van der Waals surface area (Å²) in [5.74, 6) is -0.0301. The molecule has 2 rings (SSSR count). The lowest BCUT2D eigenvalue weighted by Gasteiger charge is -2.19. The molecule has 0 bridgehead atoms. The van der Waals surface area contributed by atoms with E-state index in [-0.39, 0.29) is 22.3 Å². The van der Waals surface area contributed by atoms with Gasteiger partial charge in [-0.25, -0.2) is 0 Å². The molecule has 1 aromatic carbocycles. The van der Waals surface area contributed by atoms with Crippen molar-refractivity contribution in [1.82, 2.24) is 0 Å². The largest absolute Gasteiger partial charge is 0.393 e. The third-order valence-corrected chi connectivity index (χ3v) is 3.31. The van der Waals surface area contributed by atoms with E-state index in [1.54, 1.807) is 0 Å².